The molecule has 3 unspecified atom stereocenters. The largest absolute Gasteiger partial charge is 0.339 e. The second-order valence-corrected chi connectivity index (χ2v) is 6.88. The first kappa shape index (κ1) is 14.0. The number of nitrogens with two attached hydrogens (primary N) is 1. The smallest absolute Gasteiger partial charge is 0.228 e. The van der Waals surface area contributed by atoms with Crippen molar-refractivity contribution in [3.63, 3.8) is 0 Å². The highest BCUT2D eigenvalue weighted by Crippen LogP contribution is 2.41. The van der Waals surface area contributed by atoms with Crippen molar-refractivity contribution in [1.82, 2.24) is 15.0 Å². The van der Waals surface area contributed by atoms with Gasteiger partial charge in [0, 0.05) is 30.5 Å². The minimum atomic E-state index is 0.0944. The third-order valence-electron chi connectivity index (χ3n) is 5.21. The van der Waals surface area contributed by atoms with Crippen molar-refractivity contribution in [1.29, 1.82) is 0 Å². The third-order valence-corrected chi connectivity index (χ3v) is 5.21. The van der Waals surface area contributed by atoms with Crippen LogP contribution in [0.2, 0.25) is 0 Å². The van der Waals surface area contributed by atoms with Gasteiger partial charge in [0.1, 0.15) is 0 Å². The van der Waals surface area contributed by atoms with Crippen molar-refractivity contribution in [3.05, 3.63) is 11.7 Å². The first-order chi connectivity index (χ1) is 9.54. The average molecular weight is 278 g/mol. The predicted octanol–water partition coefficient (Wildman–Crippen LogP) is 1.94. The standard InChI is InChI=1S/C15H26N4O/c1-9(2)13(16)8-14-17-15(18-20-14)10-6-11-4-5-12(7-10)19(11)3/h9-13H,4-8,16H2,1-3H3. The topological polar surface area (TPSA) is 68.2 Å². The molecule has 2 aliphatic heterocycles. The molecule has 1 aromatic heterocycles. The lowest BCUT2D eigenvalue weighted by molar-refractivity contribution is 0.157. The number of rotatable bonds is 4. The molecule has 20 heavy (non-hydrogen) atoms. The second-order valence-electron chi connectivity index (χ2n) is 6.88. The molecule has 0 aliphatic carbocycles. The molecule has 5 heteroatoms. The Kier molecular flexibility index (Phi) is 3.82. The van der Waals surface area contributed by atoms with Crippen LogP contribution < -0.4 is 5.73 Å². The summed E-state index contributed by atoms with van der Waals surface area (Å²) in [4.78, 5) is 7.14. The highest BCUT2D eigenvalue weighted by Gasteiger charge is 2.40. The molecule has 3 atom stereocenters. The molecule has 0 amide bonds. The third kappa shape index (κ3) is 2.61. The maximum absolute atomic E-state index is 6.07. The molecule has 0 spiro atoms. The summed E-state index contributed by atoms with van der Waals surface area (Å²) in [6, 6.07) is 1.51. The summed E-state index contributed by atoms with van der Waals surface area (Å²) in [5, 5.41) is 4.21. The highest BCUT2D eigenvalue weighted by molar-refractivity contribution is 5.05. The highest BCUT2D eigenvalue weighted by atomic mass is 16.5. The number of hydrogen-bond donors (Lipinski definition) is 1. The van der Waals surface area contributed by atoms with Crippen LogP contribution in [0.1, 0.15) is 57.2 Å². The fraction of sp³-hybridized carbons (Fsp3) is 0.867. The average Bonchev–Trinajstić information content (AvgIpc) is 2.92. The van der Waals surface area contributed by atoms with Gasteiger partial charge in [-0.2, -0.15) is 4.98 Å². The van der Waals surface area contributed by atoms with E-state index in [2.05, 4.69) is 35.9 Å². The normalized spacial score (nSPS) is 31.9. The summed E-state index contributed by atoms with van der Waals surface area (Å²) in [6.45, 7) is 4.24. The molecule has 112 valence electrons. The van der Waals surface area contributed by atoms with Crippen LogP contribution in [-0.2, 0) is 6.42 Å². The van der Waals surface area contributed by atoms with Crippen LogP contribution in [0, 0.1) is 5.92 Å². The van der Waals surface area contributed by atoms with Crippen LogP contribution in [0.15, 0.2) is 4.52 Å². The molecule has 0 saturated carbocycles. The monoisotopic (exact) mass is 278 g/mol. The number of piperidine rings is 1. The van der Waals surface area contributed by atoms with E-state index in [4.69, 9.17) is 10.3 Å². The van der Waals surface area contributed by atoms with Crippen molar-refractivity contribution in [2.24, 2.45) is 11.7 Å². The zero-order valence-corrected chi connectivity index (χ0v) is 12.7. The Morgan fingerprint density at radius 2 is 1.95 bits per heavy atom. The maximum atomic E-state index is 6.07. The van der Waals surface area contributed by atoms with Crippen molar-refractivity contribution in [2.75, 3.05) is 7.05 Å². The van der Waals surface area contributed by atoms with Crippen LogP contribution >= 0.6 is 0 Å². The molecule has 0 radical (unpaired) electrons. The summed E-state index contributed by atoms with van der Waals surface area (Å²) in [5.41, 5.74) is 6.07. The fourth-order valence-electron chi connectivity index (χ4n) is 3.58. The van der Waals surface area contributed by atoms with Gasteiger partial charge in [0.2, 0.25) is 5.89 Å². The molecule has 5 nitrogen and oxygen atoms in total. The summed E-state index contributed by atoms with van der Waals surface area (Å²) < 4.78 is 5.40. The fourth-order valence-corrected chi connectivity index (χ4v) is 3.58. The van der Waals surface area contributed by atoms with Gasteiger partial charge in [-0.15, -0.1) is 0 Å². The Labute approximate surface area is 120 Å². The van der Waals surface area contributed by atoms with E-state index < -0.39 is 0 Å². The lowest BCUT2D eigenvalue weighted by atomic mass is 9.90. The molecule has 2 fully saturated rings. The summed E-state index contributed by atoms with van der Waals surface area (Å²) >= 11 is 0. The predicted molar refractivity (Wildman–Crippen MR) is 77.4 cm³/mol. The quantitative estimate of drug-likeness (QED) is 0.911. The summed E-state index contributed by atoms with van der Waals surface area (Å²) in [5.74, 6) is 2.51. The van der Waals surface area contributed by atoms with Gasteiger partial charge in [0.25, 0.3) is 0 Å². The summed E-state index contributed by atoms with van der Waals surface area (Å²) in [6.07, 6.45) is 5.66. The van der Waals surface area contributed by atoms with E-state index in [9.17, 15) is 0 Å². The molecule has 2 saturated heterocycles. The number of nitrogens with zero attached hydrogens (tertiary/aromatic N) is 3. The van der Waals surface area contributed by atoms with E-state index in [0.717, 1.165) is 5.82 Å². The van der Waals surface area contributed by atoms with Gasteiger partial charge in [0.15, 0.2) is 5.82 Å². The Bertz CT molecular complexity index is 444. The molecule has 2 aliphatic rings. The van der Waals surface area contributed by atoms with Gasteiger partial charge in [0.05, 0.1) is 0 Å². The first-order valence-electron chi connectivity index (χ1n) is 7.84. The van der Waals surface area contributed by atoms with Gasteiger partial charge < -0.3 is 15.2 Å². The van der Waals surface area contributed by atoms with Crippen molar-refractivity contribution < 1.29 is 4.52 Å². The van der Waals surface area contributed by atoms with Crippen LogP contribution in [0.4, 0.5) is 0 Å². The first-order valence-corrected chi connectivity index (χ1v) is 7.84. The van der Waals surface area contributed by atoms with Gasteiger partial charge in [-0.25, -0.2) is 0 Å². The minimum Gasteiger partial charge on any atom is -0.339 e. The SMILES string of the molecule is CC(C)C(N)Cc1nc(C2CC3CCC(C2)N3C)no1. The molecular formula is C15H26N4O. The molecule has 2 N–H and O–H groups in total. The van der Waals surface area contributed by atoms with E-state index in [0.29, 0.717) is 36.2 Å². The molecular weight excluding hydrogens is 252 g/mol. The van der Waals surface area contributed by atoms with Crippen molar-refractivity contribution in [3.8, 4) is 0 Å². The Morgan fingerprint density at radius 3 is 2.55 bits per heavy atom. The summed E-state index contributed by atoms with van der Waals surface area (Å²) in [7, 11) is 2.25. The van der Waals surface area contributed by atoms with Crippen molar-refractivity contribution >= 4 is 0 Å². The molecule has 1 aromatic rings. The van der Waals surface area contributed by atoms with Crippen LogP contribution in [0.25, 0.3) is 0 Å². The van der Waals surface area contributed by atoms with E-state index >= 15 is 0 Å². The van der Waals surface area contributed by atoms with E-state index in [1.807, 2.05) is 0 Å². The Balaban J connectivity index is 1.65. The van der Waals surface area contributed by atoms with E-state index in [1.165, 1.54) is 25.7 Å². The van der Waals surface area contributed by atoms with E-state index in [-0.39, 0.29) is 6.04 Å². The zero-order valence-electron chi connectivity index (χ0n) is 12.7. The van der Waals surface area contributed by atoms with Crippen LogP contribution in [-0.4, -0.2) is 40.2 Å². The van der Waals surface area contributed by atoms with Crippen LogP contribution in [0.3, 0.4) is 0 Å². The Hall–Kier alpha value is -0.940. The number of hydrogen-bond acceptors (Lipinski definition) is 5. The maximum Gasteiger partial charge on any atom is 0.228 e. The van der Waals surface area contributed by atoms with Gasteiger partial charge in [-0.3, -0.25) is 0 Å². The number of aromatic nitrogens is 2. The van der Waals surface area contributed by atoms with Crippen LogP contribution in [0.5, 0.6) is 0 Å². The lowest BCUT2D eigenvalue weighted by Crippen LogP contribution is -2.39. The molecule has 0 aromatic carbocycles. The number of fused-ring (bicyclic) bond motifs is 2. The zero-order chi connectivity index (χ0) is 14.3. The molecule has 3 heterocycles. The molecule has 3 rings (SSSR count). The lowest BCUT2D eigenvalue weighted by Gasteiger charge is -2.34. The van der Waals surface area contributed by atoms with Gasteiger partial charge >= 0.3 is 0 Å². The van der Waals surface area contributed by atoms with Gasteiger partial charge in [-0.1, -0.05) is 19.0 Å². The van der Waals surface area contributed by atoms with E-state index in [1.54, 1.807) is 0 Å². The molecule has 2 bridgehead atoms. The van der Waals surface area contributed by atoms with Gasteiger partial charge in [-0.05, 0) is 38.6 Å². The Morgan fingerprint density at radius 1 is 1.30 bits per heavy atom. The second kappa shape index (κ2) is 5.45. The van der Waals surface area contributed by atoms with Crippen molar-refractivity contribution in [2.45, 2.75) is 70.0 Å². The minimum absolute atomic E-state index is 0.0944.